The largest absolute Gasteiger partial charge is 0.408 e. The van der Waals surface area contributed by atoms with Crippen molar-refractivity contribution in [2.45, 2.75) is 175 Å². The second-order valence-electron chi connectivity index (χ2n) is 24.8. The van der Waals surface area contributed by atoms with E-state index in [0.29, 0.717) is 36.3 Å². The maximum atomic E-state index is 16.2. The summed E-state index contributed by atoms with van der Waals surface area (Å²) in [6.45, 7) is 38.5. The molecule has 452 valence electrons. The van der Waals surface area contributed by atoms with Gasteiger partial charge in [-0.05, 0) is 143 Å². The number of halogens is 6. The number of hydrogen-bond donors (Lipinski definition) is 0. The molecule has 0 bridgehead atoms. The van der Waals surface area contributed by atoms with Gasteiger partial charge in [0.1, 0.15) is 46.8 Å². The van der Waals surface area contributed by atoms with Crippen LogP contribution < -0.4 is 15.9 Å². The Balaban J connectivity index is 0.000000350. The van der Waals surface area contributed by atoms with Crippen molar-refractivity contribution in [3.63, 3.8) is 0 Å². The number of aromatic nitrogens is 3. The van der Waals surface area contributed by atoms with Crippen LogP contribution in [0.4, 0.5) is 13.2 Å². The van der Waals surface area contributed by atoms with Crippen molar-refractivity contribution in [2.75, 3.05) is 15.0 Å². The Morgan fingerprint density at radius 1 is 0.476 bits per heavy atom. The van der Waals surface area contributed by atoms with Crippen LogP contribution in [0.15, 0.2) is 125 Å². The minimum absolute atomic E-state index is 0. The van der Waals surface area contributed by atoms with Crippen LogP contribution in [0.2, 0.25) is 54.4 Å². The minimum atomic E-state index is -2.26. The zero-order valence-electron chi connectivity index (χ0n) is 51.6. The molecule has 0 radical (unpaired) electrons. The van der Waals surface area contributed by atoms with Gasteiger partial charge in [0.25, 0.3) is 0 Å². The van der Waals surface area contributed by atoms with E-state index >= 15 is 4.39 Å². The summed E-state index contributed by atoms with van der Waals surface area (Å²) >= 11 is 9.14. The first-order valence-electron chi connectivity index (χ1n) is 27.7. The van der Waals surface area contributed by atoms with Gasteiger partial charge in [-0.15, -0.1) is 58.0 Å². The number of thiazole rings is 3. The summed E-state index contributed by atoms with van der Waals surface area (Å²) in [6, 6.07) is 32.3. The lowest BCUT2D eigenvalue weighted by Gasteiger charge is -2.39. The van der Waals surface area contributed by atoms with Gasteiger partial charge < -0.3 is 13.3 Å². The Morgan fingerprint density at radius 2 is 0.720 bits per heavy atom. The molecule has 6 aromatic rings. The molecule has 3 aromatic heterocycles. The van der Waals surface area contributed by atoms with Crippen molar-refractivity contribution in [3.8, 4) is 0 Å². The highest BCUT2D eigenvalue weighted by Crippen LogP contribution is 2.56. The Morgan fingerprint density at radius 3 is 0.927 bits per heavy atom. The molecule has 3 atom stereocenters. The predicted octanol–water partition coefficient (Wildman–Crippen LogP) is 21.1. The SMILES string of the molecule is Cc1nc(/C=C(\F)[C@H](CCI)O[Si](C)(C)C(C)(C)C)cs1.Cc1nc(/C=C(\F)[C@H](CCI)O[Si](C)(C)C(C)(C)C)cs1.Cc1nc(/C=C(\F)[C@H](CC[P+](c2ccccc2)(c2ccccc2)c2ccccc2)O[Si](C)(C)C(C)(C)C)cs1.I. The molecule has 0 saturated carbocycles. The molecule has 6 nitrogen and oxygen atoms in total. The lowest BCUT2D eigenvalue weighted by Crippen LogP contribution is -2.45. The second kappa shape index (κ2) is 33.3. The van der Waals surface area contributed by atoms with Gasteiger partial charge >= 0.3 is 0 Å². The third kappa shape index (κ3) is 22.4. The maximum Gasteiger partial charge on any atom is 0.193 e. The summed E-state index contributed by atoms with van der Waals surface area (Å²) in [5, 5.41) is 12.5. The summed E-state index contributed by atoms with van der Waals surface area (Å²) in [6.07, 6.45) is 5.83. The normalized spacial score (nSPS) is 14.5. The van der Waals surface area contributed by atoms with Crippen LogP contribution in [0.3, 0.4) is 0 Å². The lowest BCUT2D eigenvalue weighted by molar-refractivity contribution is 0.186. The Hall–Kier alpha value is -1.29. The van der Waals surface area contributed by atoms with Gasteiger partial charge in [0.15, 0.2) is 25.0 Å². The van der Waals surface area contributed by atoms with Gasteiger partial charge in [-0.2, -0.15) is 0 Å². The molecule has 0 N–H and O–H groups in total. The van der Waals surface area contributed by atoms with Crippen molar-refractivity contribution < 1.29 is 26.4 Å². The van der Waals surface area contributed by atoms with Crippen molar-refractivity contribution in [1.29, 1.82) is 0 Å². The van der Waals surface area contributed by atoms with E-state index in [1.54, 1.807) is 6.08 Å². The highest BCUT2D eigenvalue weighted by atomic mass is 127. The standard InChI is InChI=1S/C33H40FNOPSSi.2C15H25FINOSSi.HI/c1-26-35-27(25-38-26)24-31(34)32(36-39(5,6)33(2,3)4)22-23-37(28-16-10-7-11-17-28,29-18-12-8-13-19-29)30-20-14-9-15-21-30;2*1-11-18-12(10-20-11)9-13(16)14(7-8-17)19-21(5,6)15(2,3)4;/h7-21,24-25,32H,22-23H2,1-6H3;2*9-10,14H,7-8H2,1-6H3;1H/q+1;;;/b31-24-;2*13-9-;/t32-;2*14-;/m000./s1. The van der Waals surface area contributed by atoms with Crippen LogP contribution in [-0.4, -0.2) is 73.2 Å². The first-order valence-corrected chi connectivity index (χ1v) is 44.1. The van der Waals surface area contributed by atoms with E-state index in [1.165, 1.54) is 62.1 Å². The fourth-order valence-corrected chi connectivity index (χ4v) is 18.9. The molecule has 6 rings (SSSR count). The van der Waals surface area contributed by atoms with Gasteiger partial charge in [-0.1, -0.05) is 162 Å². The zero-order chi connectivity index (χ0) is 60.6. The maximum absolute atomic E-state index is 16.2. The molecule has 0 fully saturated rings. The minimum Gasteiger partial charge on any atom is -0.408 e. The third-order valence-electron chi connectivity index (χ3n) is 15.5. The van der Waals surface area contributed by atoms with E-state index in [0.717, 1.165) is 30.0 Å². The summed E-state index contributed by atoms with van der Waals surface area (Å²) in [7, 11) is -8.33. The Bertz CT molecular complexity index is 2760. The second-order valence-corrected chi connectivity index (χ2v) is 48.1. The Labute approximate surface area is 551 Å². The molecule has 0 saturated heterocycles. The number of benzene rings is 3. The van der Waals surface area contributed by atoms with Crippen molar-refractivity contribution in [3.05, 3.63) is 157 Å². The summed E-state index contributed by atoms with van der Waals surface area (Å²) in [5.41, 5.74) is 2.04. The van der Waals surface area contributed by atoms with E-state index in [4.69, 9.17) is 13.3 Å². The lowest BCUT2D eigenvalue weighted by atomic mass is 10.2. The van der Waals surface area contributed by atoms with E-state index in [1.807, 2.05) is 36.9 Å². The van der Waals surface area contributed by atoms with Gasteiger partial charge in [-0.3, -0.25) is 0 Å². The van der Waals surface area contributed by atoms with E-state index < -0.39 is 50.5 Å². The van der Waals surface area contributed by atoms with Crippen LogP contribution in [0.1, 0.15) is 114 Å². The van der Waals surface area contributed by atoms with Crippen LogP contribution in [-0.2, 0) is 13.3 Å². The molecular formula is C63H91F3I3N3O3PS3Si3+. The summed E-state index contributed by atoms with van der Waals surface area (Å²) in [5.74, 6) is -0.652. The van der Waals surface area contributed by atoms with Crippen molar-refractivity contribution >= 4 is 170 Å². The molecule has 0 amide bonds. The van der Waals surface area contributed by atoms with Gasteiger partial charge in [0, 0.05) is 31.4 Å². The molecule has 3 aromatic carbocycles. The summed E-state index contributed by atoms with van der Waals surface area (Å²) < 4.78 is 66.4. The average Bonchev–Trinajstić information content (AvgIpc) is 4.09. The Kier molecular flexibility index (Phi) is 30.5. The van der Waals surface area contributed by atoms with Gasteiger partial charge in [-0.25, -0.2) is 28.1 Å². The van der Waals surface area contributed by atoms with Crippen molar-refractivity contribution in [1.82, 2.24) is 15.0 Å². The van der Waals surface area contributed by atoms with Crippen LogP contribution in [0.25, 0.3) is 18.2 Å². The molecule has 19 heteroatoms. The zero-order valence-corrected chi connectivity index (χ0v) is 64.6. The monoisotopic (exact) mass is 1590 g/mol. The number of aryl methyl sites for hydroxylation is 3. The van der Waals surface area contributed by atoms with Crippen molar-refractivity contribution in [2.24, 2.45) is 0 Å². The van der Waals surface area contributed by atoms with E-state index in [-0.39, 0.29) is 56.6 Å². The number of hydrogen-bond acceptors (Lipinski definition) is 9. The highest BCUT2D eigenvalue weighted by molar-refractivity contribution is 14.1. The van der Waals surface area contributed by atoms with Gasteiger partial charge in [0.2, 0.25) is 0 Å². The third-order valence-corrected chi connectivity index (χ3v) is 37.0. The molecule has 0 spiro atoms. The number of alkyl halides is 2. The smallest absolute Gasteiger partial charge is 0.193 e. The fourth-order valence-electron chi connectivity index (χ4n) is 7.79. The molecule has 0 aliphatic heterocycles. The van der Waals surface area contributed by atoms with Gasteiger partial charge in [0.05, 0.1) is 50.5 Å². The predicted molar refractivity (Wildman–Crippen MR) is 391 cm³/mol. The van der Waals surface area contributed by atoms with E-state index in [9.17, 15) is 8.78 Å². The molecule has 82 heavy (non-hydrogen) atoms. The van der Waals surface area contributed by atoms with E-state index in [2.05, 4.69) is 253 Å². The number of nitrogens with zero attached hydrogens (tertiary/aromatic N) is 3. The quantitative estimate of drug-likeness (QED) is 0.0292. The summed E-state index contributed by atoms with van der Waals surface area (Å²) in [4.78, 5) is 13.1. The van der Waals surface area contributed by atoms with Crippen LogP contribution in [0, 0.1) is 20.8 Å². The van der Waals surface area contributed by atoms with Crippen LogP contribution in [0.5, 0.6) is 0 Å². The fraction of sp³-hybridized carbons (Fsp3) is 0.476. The average molecular weight is 1590 g/mol. The molecule has 0 unspecified atom stereocenters. The molecule has 0 aliphatic carbocycles. The highest BCUT2D eigenvalue weighted by Gasteiger charge is 2.47. The number of rotatable bonds is 22. The van der Waals surface area contributed by atoms with Crippen LogP contribution >= 0.6 is 110 Å². The first kappa shape index (κ1) is 75.0. The molecule has 3 heterocycles. The topological polar surface area (TPSA) is 66.4 Å². The first-order chi connectivity index (χ1) is 37.7. The molecular weight excluding hydrogens is 1500 g/mol. The molecule has 0 aliphatic rings.